The van der Waals surface area contributed by atoms with Gasteiger partial charge in [-0.15, -0.1) is 10.2 Å². The molecule has 1 aliphatic rings. The van der Waals surface area contributed by atoms with Gasteiger partial charge in [0.25, 0.3) is 0 Å². The van der Waals surface area contributed by atoms with Gasteiger partial charge in [-0.2, -0.15) is 5.10 Å². The number of aryl methyl sites for hydroxylation is 2. The molecule has 19 heavy (non-hydrogen) atoms. The molecule has 0 amide bonds. The van der Waals surface area contributed by atoms with Gasteiger partial charge in [0.2, 0.25) is 0 Å². The normalized spacial score (nSPS) is 16.9. The van der Waals surface area contributed by atoms with E-state index in [-0.39, 0.29) is 0 Å². The van der Waals surface area contributed by atoms with Gasteiger partial charge >= 0.3 is 0 Å². The fourth-order valence-electron chi connectivity index (χ4n) is 2.76. The second-order valence-electron chi connectivity index (χ2n) is 5.28. The molecule has 1 saturated heterocycles. The van der Waals surface area contributed by atoms with E-state index in [0.29, 0.717) is 5.92 Å². The number of hydrogen-bond donors (Lipinski definition) is 1. The van der Waals surface area contributed by atoms with Gasteiger partial charge in [-0.05, 0) is 38.8 Å². The van der Waals surface area contributed by atoms with Crippen molar-refractivity contribution in [3.05, 3.63) is 23.9 Å². The van der Waals surface area contributed by atoms with Crippen LogP contribution in [0.2, 0.25) is 0 Å². The van der Waals surface area contributed by atoms with Crippen molar-refractivity contribution in [1.29, 1.82) is 0 Å². The summed E-state index contributed by atoms with van der Waals surface area (Å²) in [5.41, 5.74) is 1.01. The van der Waals surface area contributed by atoms with E-state index in [1.54, 1.807) is 6.33 Å². The number of nitrogens with zero attached hydrogens (tertiary/aromatic N) is 5. The highest BCUT2D eigenvalue weighted by Gasteiger charge is 2.18. The lowest BCUT2D eigenvalue weighted by Gasteiger charge is -2.22. The molecule has 3 heterocycles. The Kier molecular flexibility index (Phi) is 3.33. The van der Waals surface area contributed by atoms with Gasteiger partial charge in [-0.25, -0.2) is 0 Å². The van der Waals surface area contributed by atoms with Crippen LogP contribution in [0, 0.1) is 12.8 Å². The summed E-state index contributed by atoms with van der Waals surface area (Å²) in [5, 5.41) is 16.1. The van der Waals surface area contributed by atoms with Crippen LogP contribution in [0.15, 0.2) is 12.4 Å². The third-order valence-corrected chi connectivity index (χ3v) is 3.77. The Morgan fingerprint density at radius 1 is 1.37 bits per heavy atom. The number of aromatic nitrogens is 5. The summed E-state index contributed by atoms with van der Waals surface area (Å²) in [6, 6.07) is 2.06. The quantitative estimate of drug-likeness (QED) is 0.889. The molecule has 2 aromatic rings. The van der Waals surface area contributed by atoms with E-state index >= 15 is 0 Å². The molecule has 6 nitrogen and oxygen atoms in total. The summed E-state index contributed by atoms with van der Waals surface area (Å²) in [6.45, 7) is 4.23. The Labute approximate surface area is 112 Å². The lowest BCUT2D eigenvalue weighted by molar-refractivity contribution is 0.365. The van der Waals surface area contributed by atoms with Crippen LogP contribution < -0.4 is 5.32 Å². The maximum atomic E-state index is 4.39. The molecule has 0 atom stereocenters. The first-order valence-electron chi connectivity index (χ1n) is 6.84. The number of rotatable bonds is 3. The molecule has 6 heteroatoms. The molecule has 1 N–H and O–H groups in total. The first-order chi connectivity index (χ1) is 9.24. The Hall–Kier alpha value is -1.69. The number of hydrogen-bond acceptors (Lipinski definition) is 4. The summed E-state index contributed by atoms with van der Waals surface area (Å²) in [4.78, 5) is 0. The van der Waals surface area contributed by atoms with E-state index in [4.69, 9.17) is 0 Å². The largest absolute Gasteiger partial charge is 0.317 e. The van der Waals surface area contributed by atoms with Crippen LogP contribution in [0.5, 0.6) is 0 Å². The van der Waals surface area contributed by atoms with E-state index in [9.17, 15) is 0 Å². The minimum Gasteiger partial charge on any atom is -0.317 e. The Balaban J connectivity index is 1.83. The smallest absolute Gasteiger partial charge is 0.138 e. The van der Waals surface area contributed by atoms with E-state index < -0.39 is 0 Å². The molecule has 0 radical (unpaired) electrons. The van der Waals surface area contributed by atoms with Gasteiger partial charge < -0.3 is 5.32 Å². The third-order valence-electron chi connectivity index (χ3n) is 3.77. The highest BCUT2D eigenvalue weighted by atomic mass is 15.4. The number of nitrogens with one attached hydrogen (secondary N) is 1. The Morgan fingerprint density at radius 2 is 2.16 bits per heavy atom. The zero-order chi connectivity index (χ0) is 13.2. The molecule has 3 rings (SSSR count). The molecule has 1 aliphatic heterocycles. The van der Waals surface area contributed by atoms with Crippen molar-refractivity contribution in [2.24, 2.45) is 13.0 Å². The highest BCUT2D eigenvalue weighted by molar-refractivity contribution is 5.26. The maximum absolute atomic E-state index is 4.39. The Morgan fingerprint density at radius 3 is 2.84 bits per heavy atom. The zero-order valence-corrected chi connectivity index (χ0v) is 11.5. The zero-order valence-electron chi connectivity index (χ0n) is 11.5. The average Bonchev–Trinajstić information content (AvgIpc) is 2.97. The Bertz CT molecular complexity index is 549. The van der Waals surface area contributed by atoms with Crippen LogP contribution >= 0.6 is 0 Å². The average molecular weight is 260 g/mol. The standard InChI is InChI=1S/C13H20N6/c1-10-7-13(18(2)17-10)19-9-15-16-12(19)8-11-3-5-14-6-4-11/h7,9,11,14H,3-6,8H2,1-2H3. The molecule has 1 fully saturated rings. The summed E-state index contributed by atoms with van der Waals surface area (Å²) < 4.78 is 3.94. The SMILES string of the molecule is Cc1cc(-n2cnnc2CC2CCNCC2)n(C)n1. The highest BCUT2D eigenvalue weighted by Crippen LogP contribution is 2.19. The van der Waals surface area contributed by atoms with Crippen LogP contribution in [-0.2, 0) is 13.5 Å². The van der Waals surface area contributed by atoms with E-state index in [0.717, 1.165) is 36.8 Å². The molecule has 102 valence electrons. The van der Waals surface area contributed by atoms with E-state index in [1.165, 1.54) is 12.8 Å². The predicted molar refractivity (Wildman–Crippen MR) is 72.2 cm³/mol. The van der Waals surface area contributed by atoms with Crippen molar-refractivity contribution in [1.82, 2.24) is 29.9 Å². The summed E-state index contributed by atoms with van der Waals surface area (Å²) in [5.74, 6) is 2.78. The molecule has 2 aromatic heterocycles. The summed E-state index contributed by atoms with van der Waals surface area (Å²) >= 11 is 0. The minimum absolute atomic E-state index is 0.707. The molecule has 0 saturated carbocycles. The van der Waals surface area contributed by atoms with E-state index in [1.807, 2.05) is 18.7 Å². The van der Waals surface area contributed by atoms with Gasteiger partial charge in [0.1, 0.15) is 18.0 Å². The van der Waals surface area contributed by atoms with Gasteiger partial charge in [0.05, 0.1) is 5.69 Å². The van der Waals surface area contributed by atoms with Gasteiger partial charge in [-0.1, -0.05) is 0 Å². The van der Waals surface area contributed by atoms with Crippen LogP contribution in [-0.4, -0.2) is 37.6 Å². The van der Waals surface area contributed by atoms with Crippen LogP contribution in [0.4, 0.5) is 0 Å². The molecule has 0 spiro atoms. The van der Waals surface area contributed by atoms with Gasteiger partial charge in [0, 0.05) is 19.5 Å². The van der Waals surface area contributed by atoms with Gasteiger partial charge in [-0.3, -0.25) is 9.25 Å². The fraction of sp³-hybridized carbons (Fsp3) is 0.615. The topological polar surface area (TPSA) is 60.6 Å². The monoisotopic (exact) mass is 260 g/mol. The van der Waals surface area contributed by atoms with Crippen molar-refractivity contribution < 1.29 is 0 Å². The third kappa shape index (κ3) is 2.53. The summed E-state index contributed by atoms with van der Waals surface area (Å²) in [7, 11) is 1.96. The number of piperidine rings is 1. The first kappa shape index (κ1) is 12.3. The van der Waals surface area contributed by atoms with Crippen molar-refractivity contribution in [2.75, 3.05) is 13.1 Å². The van der Waals surface area contributed by atoms with Crippen LogP contribution in [0.3, 0.4) is 0 Å². The first-order valence-corrected chi connectivity index (χ1v) is 6.84. The molecular formula is C13H20N6. The van der Waals surface area contributed by atoms with Crippen molar-refractivity contribution >= 4 is 0 Å². The second-order valence-corrected chi connectivity index (χ2v) is 5.28. The predicted octanol–water partition coefficient (Wildman–Crippen LogP) is 0.851. The molecule has 0 aliphatic carbocycles. The lowest BCUT2D eigenvalue weighted by Crippen LogP contribution is -2.29. The van der Waals surface area contributed by atoms with Gasteiger partial charge in [0.15, 0.2) is 0 Å². The fourth-order valence-corrected chi connectivity index (χ4v) is 2.76. The molecule has 0 aromatic carbocycles. The van der Waals surface area contributed by atoms with Crippen LogP contribution in [0.1, 0.15) is 24.4 Å². The van der Waals surface area contributed by atoms with E-state index in [2.05, 4.69) is 31.2 Å². The minimum atomic E-state index is 0.707. The van der Waals surface area contributed by atoms with Crippen molar-refractivity contribution in [3.8, 4) is 5.82 Å². The maximum Gasteiger partial charge on any atom is 0.138 e. The lowest BCUT2D eigenvalue weighted by atomic mass is 9.94. The summed E-state index contributed by atoms with van der Waals surface area (Å²) in [6.07, 6.45) is 5.22. The molecular weight excluding hydrogens is 240 g/mol. The van der Waals surface area contributed by atoms with Crippen molar-refractivity contribution in [3.63, 3.8) is 0 Å². The molecule has 0 unspecified atom stereocenters. The second kappa shape index (κ2) is 5.13. The molecule has 0 bridgehead atoms. The van der Waals surface area contributed by atoms with Crippen LogP contribution in [0.25, 0.3) is 5.82 Å². The van der Waals surface area contributed by atoms with Crippen molar-refractivity contribution in [2.45, 2.75) is 26.2 Å².